The van der Waals surface area contributed by atoms with Gasteiger partial charge in [-0.3, -0.25) is 0 Å². The summed E-state index contributed by atoms with van der Waals surface area (Å²) >= 11 is 6.06. The monoisotopic (exact) mass is 467 g/mol. The smallest absolute Gasteiger partial charge is 0.137 e. The Balaban J connectivity index is 1.51. The molecule has 0 unspecified atom stereocenters. The number of benzene rings is 4. The quantitative estimate of drug-likeness (QED) is 0.258. The van der Waals surface area contributed by atoms with Gasteiger partial charge in [0.15, 0.2) is 0 Å². The van der Waals surface area contributed by atoms with Crippen molar-refractivity contribution in [2.45, 2.75) is 6.61 Å². The van der Waals surface area contributed by atoms with Crippen LogP contribution in [0.3, 0.4) is 0 Å². The van der Waals surface area contributed by atoms with Crippen LogP contribution >= 0.6 is 11.6 Å². The molecule has 4 nitrogen and oxygen atoms in total. The summed E-state index contributed by atoms with van der Waals surface area (Å²) in [5, 5.41) is 2.32. The maximum atomic E-state index is 6.18. The predicted octanol–water partition coefficient (Wildman–Crippen LogP) is 7.57. The Morgan fingerprint density at radius 2 is 1.53 bits per heavy atom. The number of ether oxygens (including phenoxy) is 2. The molecule has 5 aromatic rings. The van der Waals surface area contributed by atoms with E-state index in [0.717, 1.165) is 44.6 Å². The third-order valence-electron chi connectivity index (χ3n) is 5.41. The van der Waals surface area contributed by atoms with Gasteiger partial charge in [0, 0.05) is 22.0 Å². The van der Waals surface area contributed by atoms with Gasteiger partial charge in [-0.1, -0.05) is 41.9 Å². The highest BCUT2D eigenvalue weighted by molar-refractivity contribution is 6.30. The minimum absolute atomic E-state index is 0.520. The van der Waals surface area contributed by atoms with Crippen molar-refractivity contribution in [3.05, 3.63) is 119 Å². The molecule has 4 aromatic carbocycles. The van der Waals surface area contributed by atoms with Crippen molar-refractivity contribution >= 4 is 28.3 Å². The third kappa shape index (κ3) is 4.98. The molecule has 0 atom stereocenters. The van der Waals surface area contributed by atoms with Crippen LogP contribution in [0, 0.1) is 0 Å². The number of hydrogen-bond acceptors (Lipinski definition) is 4. The fourth-order valence-electron chi connectivity index (χ4n) is 3.62. The van der Waals surface area contributed by atoms with Crippen LogP contribution in [0.1, 0.15) is 5.56 Å². The van der Waals surface area contributed by atoms with Crippen LogP contribution in [0.25, 0.3) is 22.3 Å². The van der Waals surface area contributed by atoms with Crippen LogP contribution in [0.15, 0.2) is 113 Å². The van der Waals surface area contributed by atoms with Crippen LogP contribution in [-0.2, 0) is 6.61 Å². The lowest BCUT2D eigenvalue weighted by molar-refractivity contribution is 0.306. The minimum Gasteiger partial charge on any atom is -0.497 e. The molecule has 0 aliphatic carbocycles. The van der Waals surface area contributed by atoms with E-state index < -0.39 is 0 Å². The van der Waals surface area contributed by atoms with Crippen molar-refractivity contribution in [3.63, 3.8) is 0 Å². The molecular formula is C29H22ClNO3. The molecule has 34 heavy (non-hydrogen) atoms. The molecule has 0 bridgehead atoms. The fraction of sp³-hybridized carbons (Fsp3) is 0.0690. The Morgan fingerprint density at radius 1 is 0.794 bits per heavy atom. The zero-order chi connectivity index (χ0) is 23.3. The Hall–Kier alpha value is -4.02. The molecule has 5 heteroatoms. The summed E-state index contributed by atoms with van der Waals surface area (Å²) in [4.78, 5) is 4.91. The second-order valence-electron chi connectivity index (χ2n) is 7.74. The zero-order valence-electron chi connectivity index (χ0n) is 18.6. The number of rotatable bonds is 6. The molecule has 0 saturated carbocycles. The van der Waals surface area contributed by atoms with Gasteiger partial charge >= 0.3 is 0 Å². The lowest BCUT2D eigenvalue weighted by atomic mass is 10.1. The first kappa shape index (κ1) is 21.8. The average Bonchev–Trinajstić information content (AvgIpc) is 2.89. The van der Waals surface area contributed by atoms with Crippen LogP contribution in [0.4, 0.5) is 5.69 Å². The summed E-state index contributed by atoms with van der Waals surface area (Å²) in [6.45, 7) is 0.520. The summed E-state index contributed by atoms with van der Waals surface area (Å²) in [5.41, 5.74) is 3.57. The Labute approximate surface area is 202 Å². The Morgan fingerprint density at radius 3 is 2.26 bits per heavy atom. The van der Waals surface area contributed by atoms with Crippen molar-refractivity contribution < 1.29 is 13.9 Å². The molecule has 5 rings (SSSR count). The fourth-order valence-corrected chi connectivity index (χ4v) is 3.75. The van der Waals surface area contributed by atoms with E-state index in [9.17, 15) is 0 Å². The van der Waals surface area contributed by atoms with E-state index in [2.05, 4.69) is 0 Å². The molecular weight excluding hydrogens is 446 g/mol. The van der Waals surface area contributed by atoms with E-state index in [0.29, 0.717) is 17.4 Å². The molecule has 0 spiro atoms. The largest absolute Gasteiger partial charge is 0.497 e. The molecule has 0 aliphatic rings. The summed E-state index contributed by atoms with van der Waals surface area (Å²) in [5.74, 6) is 2.23. The first-order chi connectivity index (χ1) is 16.7. The molecule has 1 heterocycles. The second kappa shape index (κ2) is 9.86. The molecule has 0 aliphatic heterocycles. The summed E-state index contributed by atoms with van der Waals surface area (Å²) in [6.07, 6.45) is 0. The lowest BCUT2D eigenvalue weighted by Crippen LogP contribution is -2.03. The highest BCUT2D eigenvalue weighted by atomic mass is 35.5. The molecule has 0 amide bonds. The van der Waals surface area contributed by atoms with E-state index in [1.165, 1.54) is 0 Å². The van der Waals surface area contributed by atoms with Gasteiger partial charge in [-0.05, 0) is 72.3 Å². The van der Waals surface area contributed by atoms with Crippen LogP contribution < -0.4 is 14.8 Å². The first-order valence-corrected chi connectivity index (χ1v) is 11.2. The van der Waals surface area contributed by atoms with Crippen molar-refractivity contribution in [2.24, 2.45) is 4.99 Å². The number of methoxy groups -OCH3 is 1. The van der Waals surface area contributed by atoms with Crippen molar-refractivity contribution in [1.29, 1.82) is 0 Å². The SMILES string of the molecule is COc1ccc2oc(-c3ccc(Cl)cc3)cc(=Nc3ccc(OCc4ccccc4)cc3)c2c1. The number of nitrogens with zero attached hydrogens (tertiary/aromatic N) is 1. The van der Waals surface area contributed by atoms with Gasteiger partial charge in [0.05, 0.1) is 18.2 Å². The average molecular weight is 468 g/mol. The van der Waals surface area contributed by atoms with E-state index in [1.54, 1.807) is 7.11 Å². The standard InChI is InChI=1S/C29H22ClNO3/c1-32-25-15-16-28-26(17-25)27(18-29(34-28)21-7-9-22(30)10-8-21)31-23-11-13-24(14-12-23)33-19-20-5-3-2-4-6-20/h2-18H,19H2,1H3. The van der Waals surface area contributed by atoms with E-state index in [-0.39, 0.29) is 0 Å². The highest BCUT2D eigenvalue weighted by Crippen LogP contribution is 2.26. The maximum absolute atomic E-state index is 6.18. The van der Waals surface area contributed by atoms with Gasteiger partial charge in [-0.2, -0.15) is 0 Å². The van der Waals surface area contributed by atoms with Crippen molar-refractivity contribution in [1.82, 2.24) is 0 Å². The van der Waals surface area contributed by atoms with E-state index in [4.69, 9.17) is 30.5 Å². The topological polar surface area (TPSA) is 44.0 Å². The van der Waals surface area contributed by atoms with Gasteiger partial charge in [-0.25, -0.2) is 4.99 Å². The first-order valence-electron chi connectivity index (χ1n) is 10.9. The molecule has 1 aromatic heterocycles. The number of hydrogen-bond donors (Lipinski definition) is 0. The maximum Gasteiger partial charge on any atom is 0.137 e. The van der Waals surface area contributed by atoms with E-state index >= 15 is 0 Å². The Bertz CT molecular complexity index is 1470. The molecule has 168 valence electrons. The van der Waals surface area contributed by atoms with Gasteiger partial charge in [0.1, 0.15) is 29.4 Å². The van der Waals surface area contributed by atoms with Gasteiger partial charge in [-0.15, -0.1) is 0 Å². The third-order valence-corrected chi connectivity index (χ3v) is 5.67. The van der Waals surface area contributed by atoms with E-state index in [1.807, 2.05) is 103 Å². The summed E-state index contributed by atoms with van der Waals surface area (Å²) in [7, 11) is 1.64. The molecule has 0 N–H and O–H groups in total. The predicted molar refractivity (Wildman–Crippen MR) is 136 cm³/mol. The van der Waals surface area contributed by atoms with Crippen LogP contribution in [0.5, 0.6) is 11.5 Å². The lowest BCUT2D eigenvalue weighted by Gasteiger charge is -2.08. The number of fused-ring (bicyclic) bond motifs is 1. The van der Waals surface area contributed by atoms with Gasteiger partial charge < -0.3 is 13.9 Å². The van der Waals surface area contributed by atoms with Crippen molar-refractivity contribution in [2.75, 3.05) is 7.11 Å². The summed E-state index contributed by atoms with van der Waals surface area (Å²) in [6, 6.07) is 33.0. The van der Waals surface area contributed by atoms with Crippen LogP contribution in [0.2, 0.25) is 5.02 Å². The zero-order valence-corrected chi connectivity index (χ0v) is 19.3. The van der Waals surface area contributed by atoms with Crippen LogP contribution in [-0.4, -0.2) is 7.11 Å². The highest BCUT2D eigenvalue weighted by Gasteiger charge is 2.08. The van der Waals surface area contributed by atoms with Crippen molar-refractivity contribution in [3.8, 4) is 22.8 Å². The Kier molecular flexibility index (Phi) is 6.32. The molecule has 0 radical (unpaired) electrons. The normalized spacial score (nSPS) is 11.5. The van der Waals surface area contributed by atoms with Gasteiger partial charge in [0.25, 0.3) is 0 Å². The summed E-state index contributed by atoms with van der Waals surface area (Å²) < 4.78 is 17.5. The second-order valence-corrected chi connectivity index (χ2v) is 8.18. The molecule has 0 saturated heterocycles. The minimum atomic E-state index is 0.520. The van der Waals surface area contributed by atoms with Gasteiger partial charge in [0.2, 0.25) is 0 Å². The molecule has 0 fully saturated rings. The number of halogens is 1.